The topological polar surface area (TPSA) is 13.8 Å². The lowest BCUT2D eigenvalue weighted by Gasteiger charge is -2.13. The Morgan fingerprint density at radius 1 is 0.273 bits per heavy atom. The second-order valence-electron chi connectivity index (χ2n) is 15.3. The molecule has 0 N–H and O–H groups in total. The lowest BCUT2D eigenvalue weighted by molar-refractivity contribution is 1.18. The lowest BCUT2D eigenvalue weighted by Crippen LogP contribution is -1.93. The first kappa shape index (κ1) is 28.2. The number of fused-ring (bicyclic) bond motifs is 16. The average Bonchev–Trinajstić information content (AvgIpc) is 4.03. The molecule has 9 aromatic carbocycles. The number of aromatic nitrogens is 3. The van der Waals surface area contributed by atoms with Crippen LogP contribution in [-0.2, 0) is 0 Å². The zero-order valence-electron chi connectivity index (χ0n) is 29.6. The Kier molecular flexibility index (Phi) is 5.01. The highest BCUT2D eigenvalue weighted by Gasteiger charge is 2.25. The van der Waals surface area contributed by atoms with Crippen LogP contribution < -0.4 is 0 Å². The molecular formula is C52H29N3. The monoisotopic (exact) mass is 695 g/mol. The predicted molar refractivity (Wildman–Crippen MR) is 233 cm³/mol. The molecule has 5 aromatic heterocycles. The second kappa shape index (κ2) is 9.79. The maximum atomic E-state index is 2.60. The van der Waals surface area contributed by atoms with E-state index in [0.717, 1.165) is 0 Å². The zero-order chi connectivity index (χ0) is 35.5. The summed E-state index contributed by atoms with van der Waals surface area (Å²) in [7, 11) is 0. The van der Waals surface area contributed by atoms with Gasteiger partial charge in [0.2, 0.25) is 0 Å². The zero-order valence-corrected chi connectivity index (χ0v) is 29.6. The Labute approximate surface area is 313 Å². The fraction of sp³-hybridized carbons (Fsp3) is 0. The number of para-hydroxylation sites is 5. The van der Waals surface area contributed by atoms with E-state index < -0.39 is 0 Å². The summed E-state index contributed by atoms with van der Waals surface area (Å²) in [5.74, 6) is 0. The lowest BCUT2D eigenvalue weighted by atomic mass is 9.93. The van der Waals surface area contributed by atoms with Crippen molar-refractivity contribution in [2.75, 3.05) is 0 Å². The van der Waals surface area contributed by atoms with Crippen LogP contribution in [0, 0.1) is 0 Å². The van der Waals surface area contributed by atoms with Gasteiger partial charge in [-0.15, -0.1) is 0 Å². The van der Waals surface area contributed by atoms with Crippen LogP contribution >= 0.6 is 0 Å². The highest BCUT2D eigenvalue weighted by atomic mass is 15.0. The van der Waals surface area contributed by atoms with Crippen LogP contribution in [0.25, 0.3) is 126 Å². The first-order chi connectivity index (χ1) is 27.3. The SMILES string of the molecule is c1ccc(-n2c3ccccc3c3cc(-c4c5ccccc5cc5c6cccc7c8cc9c(cc8n(c45)c76)c4cccc5c6ccccc6n9c54)ccc32)cc1. The minimum Gasteiger partial charge on any atom is -0.309 e. The third-order valence-electron chi connectivity index (χ3n) is 12.6. The summed E-state index contributed by atoms with van der Waals surface area (Å²) in [6.07, 6.45) is 0. The molecule has 0 bridgehead atoms. The van der Waals surface area contributed by atoms with Gasteiger partial charge in [-0.05, 0) is 70.9 Å². The standard InChI is InChI=1S/C52H29N3/c1-2-13-32(14-3-1)53-44-22-8-7-17-35(44)40-27-31(24-25-46(40)53)49-33-15-5-4-12-30(33)26-43-39-21-11-20-38-42-28-47-41(29-48(42)55(51(38)39)52(43)49)37-19-10-18-36-34-16-6-9-23-45(34)54(47)50(36)37/h1-29H. The van der Waals surface area contributed by atoms with E-state index in [9.17, 15) is 0 Å². The summed E-state index contributed by atoms with van der Waals surface area (Å²) < 4.78 is 7.50. The van der Waals surface area contributed by atoms with Gasteiger partial charge in [0.15, 0.2) is 0 Å². The van der Waals surface area contributed by atoms with Crippen molar-refractivity contribution in [2.45, 2.75) is 0 Å². The van der Waals surface area contributed by atoms with Crippen molar-refractivity contribution in [1.29, 1.82) is 0 Å². The molecule has 14 rings (SSSR count). The van der Waals surface area contributed by atoms with Crippen LogP contribution in [0.5, 0.6) is 0 Å². The first-order valence-corrected chi connectivity index (χ1v) is 19.1. The van der Waals surface area contributed by atoms with Gasteiger partial charge >= 0.3 is 0 Å². The molecule has 0 aliphatic rings. The fourth-order valence-corrected chi connectivity index (χ4v) is 10.5. The molecule has 55 heavy (non-hydrogen) atoms. The first-order valence-electron chi connectivity index (χ1n) is 19.1. The second-order valence-corrected chi connectivity index (χ2v) is 15.3. The molecular weight excluding hydrogens is 667 g/mol. The molecule has 252 valence electrons. The summed E-state index contributed by atoms with van der Waals surface area (Å²) in [5.41, 5.74) is 13.8. The van der Waals surface area contributed by atoms with Crippen LogP contribution in [0.2, 0.25) is 0 Å². The Bertz CT molecular complexity index is 3930. The molecule has 0 spiro atoms. The number of hydrogen-bond acceptors (Lipinski definition) is 0. The van der Waals surface area contributed by atoms with Crippen LogP contribution in [-0.4, -0.2) is 13.4 Å². The quantitative estimate of drug-likeness (QED) is 0.171. The van der Waals surface area contributed by atoms with Crippen LogP contribution in [0.1, 0.15) is 0 Å². The van der Waals surface area contributed by atoms with E-state index in [-0.39, 0.29) is 0 Å². The van der Waals surface area contributed by atoms with Gasteiger partial charge in [-0.25, -0.2) is 0 Å². The van der Waals surface area contributed by atoms with Crippen molar-refractivity contribution < 1.29 is 0 Å². The van der Waals surface area contributed by atoms with E-state index in [1.807, 2.05) is 0 Å². The van der Waals surface area contributed by atoms with Gasteiger partial charge < -0.3 is 13.4 Å². The maximum absolute atomic E-state index is 2.60. The Hall–Kier alpha value is -7.36. The summed E-state index contributed by atoms with van der Waals surface area (Å²) in [4.78, 5) is 0. The molecule has 0 fully saturated rings. The third kappa shape index (κ3) is 3.35. The predicted octanol–water partition coefficient (Wildman–Crippen LogP) is 13.9. The summed E-state index contributed by atoms with van der Waals surface area (Å²) >= 11 is 0. The smallest absolute Gasteiger partial charge is 0.0626 e. The van der Waals surface area contributed by atoms with Gasteiger partial charge in [-0.3, -0.25) is 0 Å². The van der Waals surface area contributed by atoms with E-state index in [1.165, 1.54) is 126 Å². The minimum atomic E-state index is 1.17. The van der Waals surface area contributed by atoms with Crippen molar-refractivity contribution in [2.24, 2.45) is 0 Å². The molecule has 0 aliphatic heterocycles. The molecule has 0 saturated carbocycles. The molecule has 0 unspecified atom stereocenters. The number of benzene rings is 9. The number of rotatable bonds is 2. The molecule has 0 aliphatic carbocycles. The largest absolute Gasteiger partial charge is 0.309 e. The van der Waals surface area contributed by atoms with Crippen molar-refractivity contribution >= 4 is 109 Å². The van der Waals surface area contributed by atoms with Gasteiger partial charge in [-0.1, -0.05) is 121 Å². The highest BCUT2D eigenvalue weighted by molar-refractivity contribution is 6.31. The van der Waals surface area contributed by atoms with E-state index in [4.69, 9.17) is 0 Å². The van der Waals surface area contributed by atoms with E-state index in [1.54, 1.807) is 0 Å². The fourth-order valence-electron chi connectivity index (χ4n) is 10.5. The van der Waals surface area contributed by atoms with Crippen LogP contribution in [0.4, 0.5) is 0 Å². The van der Waals surface area contributed by atoms with Crippen LogP contribution in [0.15, 0.2) is 176 Å². The summed E-state index contributed by atoms with van der Waals surface area (Å²) in [6, 6.07) is 65.6. The Morgan fingerprint density at radius 2 is 0.800 bits per heavy atom. The molecule has 3 nitrogen and oxygen atoms in total. The minimum absolute atomic E-state index is 1.17. The van der Waals surface area contributed by atoms with Gasteiger partial charge in [0.25, 0.3) is 0 Å². The van der Waals surface area contributed by atoms with Crippen molar-refractivity contribution in [3.05, 3.63) is 176 Å². The Morgan fingerprint density at radius 3 is 1.56 bits per heavy atom. The molecule has 0 atom stereocenters. The van der Waals surface area contributed by atoms with Gasteiger partial charge in [0.1, 0.15) is 0 Å². The average molecular weight is 696 g/mol. The number of hydrogen-bond donors (Lipinski definition) is 0. The Balaban J connectivity index is 1.16. The van der Waals surface area contributed by atoms with Gasteiger partial charge in [0, 0.05) is 65.1 Å². The van der Waals surface area contributed by atoms with Crippen LogP contribution in [0.3, 0.4) is 0 Å². The molecule has 0 radical (unpaired) electrons. The maximum Gasteiger partial charge on any atom is 0.0626 e. The molecule has 0 amide bonds. The van der Waals surface area contributed by atoms with E-state index in [0.29, 0.717) is 0 Å². The molecule has 0 saturated heterocycles. The summed E-state index contributed by atoms with van der Waals surface area (Å²) in [5, 5.41) is 15.5. The van der Waals surface area contributed by atoms with Gasteiger partial charge in [-0.2, -0.15) is 0 Å². The van der Waals surface area contributed by atoms with E-state index in [2.05, 4.69) is 189 Å². The highest BCUT2D eigenvalue weighted by Crippen LogP contribution is 2.48. The van der Waals surface area contributed by atoms with Crippen molar-refractivity contribution in [1.82, 2.24) is 13.4 Å². The summed E-state index contributed by atoms with van der Waals surface area (Å²) in [6.45, 7) is 0. The molecule has 5 heterocycles. The van der Waals surface area contributed by atoms with E-state index >= 15 is 0 Å². The number of nitrogens with zero attached hydrogens (tertiary/aromatic N) is 3. The normalized spacial score (nSPS) is 12.7. The third-order valence-corrected chi connectivity index (χ3v) is 12.6. The van der Waals surface area contributed by atoms with Gasteiger partial charge in [0.05, 0.1) is 44.1 Å². The van der Waals surface area contributed by atoms with Crippen molar-refractivity contribution in [3.63, 3.8) is 0 Å². The molecule has 3 heteroatoms. The molecule has 14 aromatic rings. The van der Waals surface area contributed by atoms with Crippen molar-refractivity contribution in [3.8, 4) is 16.8 Å².